The predicted octanol–water partition coefficient (Wildman–Crippen LogP) is 3.04. The number of rotatable bonds is 7. The molecule has 2 aromatic carbocycles. The number of ether oxygens (including phenoxy) is 2. The SMILES string of the molecule is CCOC(=O)[C@H](C)Oc1c(/C=C2/C(=O)NN(c3ccccc3)C2=O)cc(Cl)cc1[N+](=O)[O-]. The molecule has 1 heterocycles. The highest BCUT2D eigenvalue weighted by molar-refractivity contribution is 6.32. The van der Waals surface area contributed by atoms with E-state index in [-0.39, 0.29) is 28.5 Å². The maximum absolute atomic E-state index is 12.8. The van der Waals surface area contributed by atoms with Crippen LogP contribution in [0, 0.1) is 10.1 Å². The molecule has 1 atom stereocenters. The number of nitro groups is 1. The quantitative estimate of drug-likeness (QED) is 0.221. The summed E-state index contributed by atoms with van der Waals surface area (Å²) in [6.07, 6.45) is -0.0620. The van der Waals surface area contributed by atoms with Gasteiger partial charge in [-0.05, 0) is 38.1 Å². The lowest BCUT2D eigenvalue weighted by atomic mass is 10.1. The zero-order valence-electron chi connectivity index (χ0n) is 17.0. The van der Waals surface area contributed by atoms with Gasteiger partial charge in [-0.25, -0.2) is 9.80 Å². The number of carbonyl (C=O) groups is 3. The molecule has 1 N–H and O–H groups in total. The van der Waals surface area contributed by atoms with Crippen LogP contribution in [0.1, 0.15) is 19.4 Å². The topological polar surface area (TPSA) is 128 Å². The summed E-state index contributed by atoms with van der Waals surface area (Å²) in [6, 6.07) is 10.7. The van der Waals surface area contributed by atoms with E-state index in [0.717, 1.165) is 17.2 Å². The van der Waals surface area contributed by atoms with Crippen LogP contribution in [0.5, 0.6) is 5.75 Å². The highest BCUT2D eigenvalue weighted by Gasteiger charge is 2.35. The van der Waals surface area contributed by atoms with Crippen LogP contribution >= 0.6 is 11.6 Å². The number of anilines is 1. The van der Waals surface area contributed by atoms with Crippen molar-refractivity contribution in [1.29, 1.82) is 0 Å². The van der Waals surface area contributed by atoms with E-state index in [1.54, 1.807) is 37.3 Å². The number of hydrogen-bond acceptors (Lipinski definition) is 7. The highest BCUT2D eigenvalue weighted by atomic mass is 35.5. The molecule has 10 nitrogen and oxygen atoms in total. The van der Waals surface area contributed by atoms with E-state index in [4.69, 9.17) is 21.1 Å². The number of nitrogens with zero attached hydrogens (tertiary/aromatic N) is 2. The lowest BCUT2D eigenvalue weighted by Crippen LogP contribution is -2.35. The number of para-hydroxylation sites is 1. The van der Waals surface area contributed by atoms with E-state index in [2.05, 4.69) is 5.43 Å². The summed E-state index contributed by atoms with van der Waals surface area (Å²) in [6.45, 7) is 3.06. The molecule has 0 radical (unpaired) electrons. The van der Waals surface area contributed by atoms with E-state index >= 15 is 0 Å². The second-order valence-electron chi connectivity index (χ2n) is 6.59. The molecule has 0 unspecified atom stereocenters. The third-order valence-electron chi connectivity index (χ3n) is 4.38. The number of benzene rings is 2. The zero-order chi connectivity index (χ0) is 23.4. The molecule has 1 aliphatic heterocycles. The third-order valence-corrected chi connectivity index (χ3v) is 4.60. The summed E-state index contributed by atoms with van der Waals surface area (Å²) in [4.78, 5) is 48.1. The normalized spacial score (nSPS) is 15.5. The van der Waals surface area contributed by atoms with Crippen LogP contribution in [-0.2, 0) is 19.1 Å². The van der Waals surface area contributed by atoms with Crippen molar-refractivity contribution in [3.05, 3.63) is 68.7 Å². The van der Waals surface area contributed by atoms with E-state index in [1.807, 2.05) is 0 Å². The average Bonchev–Trinajstić information content (AvgIpc) is 3.04. The van der Waals surface area contributed by atoms with Gasteiger partial charge >= 0.3 is 11.7 Å². The van der Waals surface area contributed by atoms with E-state index in [9.17, 15) is 24.5 Å². The molecule has 32 heavy (non-hydrogen) atoms. The molecule has 0 aromatic heterocycles. The number of amides is 2. The molecule has 2 amide bonds. The maximum Gasteiger partial charge on any atom is 0.347 e. The highest BCUT2D eigenvalue weighted by Crippen LogP contribution is 2.37. The molecule has 0 bridgehead atoms. The lowest BCUT2D eigenvalue weighted by Gasteiger charge is -2.16. The van der Waals surface area contributed by atoms with E-state index < -0.39 is 34.5 Å². The Balaban J connectivity index is 2.06. The monoisotopic (exact) mass is 459 g/mol. The van der Waals surface area contributed by atoms with Gasteiger partial charge in [-0.2, -0.15) is 0 Å². The molecule has 1 fully saturated rings. The first kappa shape index (κ1) is 22.8. The Labute approximate surface area is 187 Å². The van der Waals surface area contributed by atoms with Gasteiger partial charge in [0.15, 0.2) is 6.10 Å². The summed E-state index contributed by atoms with van der Waals surface area (Å²) in [7, 11) is 0. The van der Waals surface area contributed by atoms with Gasteiger partial charge in [-0.15, -0.1) is 0 Å². The van der Waals surface area contributed by atoms with Gasteiger partial charge in [0.1, 0.15) is 5.57 Å². The molecule has 11 heteroatoms. The number of nitro benzene ring substituents is 1. The van der Waals surface area contributed by atoms with Crippen molar-refractivity contribution in [2.45, 2.75) is 20.0 Å². The largest absolute Gasteiger partial charge is 0.471 e. The summed E-state index contributed by atoms with van der Waals surface area (Å²) in [5.41, 5.74) is 2.01. The van der Waals surface area contributed by atoms with Crippen LogP contribution in [-0.4, -0.2) is 35.4 Å². The minimum absolute atomic E-state index is 0.0197. The Bertz CT molecular complexity index is 1120. The van der Waals surface area contributed by atoms with Gasteiger partial charge < -0.3 is 9.47 Å². The van der Waals surface area contributed by atoms with E-state index in [1.165, 1.54) is 13.0 Å². The van der Waals surface area contributed by atoms with Crippen LogP contribution < -0.4 is 15.2 Å². The van der Waals surface area contributed by atoms with Crippen LogP contribution in [0.3, 0.4) is 0 Å². The molecule has 1 aliphatic rings. The second-order valence-corrected chi connectivity index (χ2v) is 7.02. The minimum atomic E-state index is -1.19. The van der Waals surface area contributed by atoms with Crippen molar-refractivity contribution >= 4 is 46.8 Å². The first-order valence-corrected chi connectivity index (χ1v) is 9.84. The van der Waals surface area contributed by atoms with Crippen LogP contribution in [0.4, 0.5) is 11.4 Å². The van der Waals surface area contributed by atoms with Gasteiger partial charge in [0.2, 0.25) is 5.75 Å². The molecule has 2 aromatic rings. The Morgan fingerprint density at radius 1 is 1.28 bits per heavy atom. The van der Waals surface area contributed by atoms with Gasteiger partial charge in [0.05, 0.1) is 17.2 Å². The number of halogens is 1. The van der Waals surface area contributed by atoms with Gasteiger partial charge in [-0.1, -0.05) is 29.8 Å². The molecule has 3 rings (SSSR count). The Morgan fingerprint density at radius 3 is 2.59 bits per heavy atom. The zero-order valence-corrected chi connectivity index (χ0v) is 17.8. The molecule has 166 valence electrons. The Morgan fingerprint density at radius 2 is 1.97 bits per heavy atom. The number of hydrazine groups is 1. The molecular formula is C21H18ClN3O7. The number of esters is 1. The van der Waals surface area contributed by atoms with Crippen molar-refractivity contribution in [3.63, 3.8) is 0 Å². The molecule has 1 saturated heterocycles. The predicted molar refractivity (Wildman–Crippen MR) is 115 cm³/mol. The Kier molecular flexibility index (Phi) is 6.74. The lowest BCUT2D eigenvalue weighted by molar-refractivity contribution is -0.386. The number of carbonyl (C=O) groups excluding carboxylic acids is 3. The second kappa shape index (κ2) is 9.48. The first-order valence-electron chi connectivity index (χ1n) is 9.46. The van der Waals surface area contributed by atoms with Crippen molar-refractivity contribution in [2.75, 3.05) is 11.6 Å². The van der Waals surface area contributed by atoms with Crippen molar-refractivity contribution in [1.82, 2.24) is 5.43 Å². The first-order chi connectivity index (χ1) is 15.2. The number of nitrogens with one attached hydrogen (secondary N) is 1. The molecule has 0 saturated carbocycles. The standard InChI is InChI=1S/C21H18ClN3O7/c1-3-31-21(28)12(2)32-18-13(9-14(22)11-17(18)25(29)30)10-16-19(26)23-24(20(16)27)15-7-5-4-6-8-15/h4-12H,3H2,1-2H3,(H,23,26)/b16-10-/t12-/m0/s1. The fraction of sp³-hybridized carbons (Fsp3) is 0.190. The van der Waals surface area contributed by atoms with E-state index in [0.29, 0.717) is 5.69 Å². The smallest absolute Gasteiger partial charge is 0.347 e. The molecule has 0 spiro atoms. The number of hydrogen-bond donors (Lipinski definition) is 1. The van der Waals surface area contributed by atoms with Crippen LogP contribution in [0.15, 0.2) is 48.0 Å². The fourth-order valence-electron chi connectivity index (χ4n) is 2.93. The van der Waals surface area contributed by atoms with Gasteiger partial charge in [0.25, 0.3) is 11.8 Å². The van der Waals surface area contributed by atoms with Crippen LogP contribution in [0.2, 0.25) is 5.02 Å². The Hall–Kier alpha value is -3.92. The molecular weight excluding hydrogens is 442 g/mol. The molecule has 0 aliphatic carbocycles. The summed E-state index contributed by atoms with van der Waals surface area (Å²) >= 11 is 6.02. The van der Waals surface area contributed by atoms with Crippen molar-refractivity contribution < 1.29 is 28.8 Å². The minimum Gasteiger partial charge on any atom is -0.471 e. The maximum atomic E-state index is 12.8. The van der Waals surface area contributed by atoms with Crippen molar-refractivity contribution in [3.8, 4) is 5.75 Å². The average molecular weight is 460 g/mol. The van der Waals surface area contributed by atoms with Gasteiger partial charge in [-0.3, -0.25) is 25.1 Å². The summed E-state index contributed by atoms with van der Waals surface area (Å²) in [5.74, 6) is -2.45. The van der Waals surface area contributed by atoms with Crippen LogP contribution in [0.25, 0.3) is 6.08 Å². The summed E-state index contributed by atoms with van der Waals surface area (Å²) in [5, 5.41) is 12.6. The third kappa shape index (κ3) is 4.70. The summed E-state index contributed by atoms with van der Waals surface area (Å²) < 4.78 is 10.4. The van der Waals surface area contributed by atoms with Crippen molar-refractivity contribution in [2.24, 2.45) is 0 Å². The fourth-order valence-corrected chi connectivity index (χ4v) is 3.15. The van der Waals surface area contributed by atoms with Gasteiger partial charge in [0, 0.05) is 16.7 Å².